The van der Waals surface area contributed by atoms with E-state index < -0.39 is 24.6 Å². The van der Waals surface area contributed by atoms with Gasteiger partial charge in [-0.15, -0.1) is 0 Å². The molecule has 0 amide bonds. The summed E-state index contributed by atoms with van der Waals surface area (Å²) in [4.78, 5) is 10.4. The lowest BCUT2D eigenvalue weighted by Crippen LogP contribution is -2.22. The van der Waals surface area contributed by atoms with E-state index in [1.165, 1.54) is 12.1 Å². The zero-order valence-electron chi connectivity index (χ0n) is 8.40. The molecule has 0 saturated carbocycles. The summed E-state index contributed by atoms with van der Waals surface area (Å²) in [6.07, 6.45) is -3.51. The number of carbonyl (C=O) groups is 1. The fourth-order valence-corrected chi connectivity index (χ4v) is 1.93. The van der Waals surface area contributed by atoms with Crippen LogP contribution in [0.2, 0.25) is 15.1 Å². The predicted octanol–water partition coefficient (Wildman–Crippen LogP) is 2.52. The normalized spacial score (nSPS) is 14.4. The highest BCUT2D eigenvalue weighted by atomic mass is 35.5. The molecule has 1 aromatic rings. The predicted molar refractivity (Wildman–Crippen MR) is 64.7 cm³/mol. The number of carboxylic acid groups (broad SMARTS) is 1. The molecule has 0 aromatic heterocycles. The smallest absolute Gasteiger partial charge is 0.306 e. The number of carboxylic acids is 1. The van der Waals surface area contributed by atoms with Crippen molar-refractivity contribution in [1.82, 2.24) is 0 Å². The lowest BCUT2D eigenvalue weighted by molar-refractivity contribution is -0.141. The van der Waals surface area contributed by atoms with Gasteiger partial charge >= 0.3 is 5.97 Å². The van der Waals surface area contributed by atoms with Crippen molar-refractivity contribution in [3.8, 4) is 0 Å². The number of aliphatic carboxylic acids is 1. The first-order valence-corrected chi connectivity index (χ1v) is 5.68. The second-order valence-electron chi connectivity index (χ2n) is 3.40. The van der Waals surface area contributed by atoms with Crippen molar-refractivity contribution < 1.29 is 20.1 Å². The van der Waals surface area contributed by atoms with Gasteiger partial charge in [-0.25, -0.2) is 0 Å². The highest BCUT2D eigenvalue weighted by molar-refractivity contribution is 6.43. The van der Waals surface area contributed by atoms with Crippen molar-refractivity contribution in [3.05, 3.63) is 32.8 Å². The molecule has 0 spiro atoms. The van der Waals surface area contributed by atoms with Crippen LogP contribution in [0.4, 0.5) is 0 Å². The van der Waals surface area contributed by atoms with Crippen LogP contribution >= 0.6 is 34.8 Å². The fraction of sp³-hybridized carbons (Fsp3) is 0.300. The van der Waals surface area contributed by atoms with Gasteiger partial charge in [-0.05, 0) is 12.1 Å². The Labute approximate surface area is 112 Å². The Morgan fingerprint density at radius 1 is 1.12 bits per heavy atom. The van der Waals surface area contributed by atoms with Gasteiger partial charge in [0.2, 0.25) is 0 Å². The second kappa shape index (κ2) is 5.89. The molecule has 94 valence electrons. The third-order valence-electron chi connectivity index (χ3n) is 2.11. The molecule has 0 aliphatic heterocycles. The van der Waals surface area contributed by atoms with Crippen LogP contribution in [0.25, 0.3) is 0 Å². The van der Waals surface area contributed by atoms with Crippen molar-refractivity contribution in [3.63, 3.8) is 0 Å². The Balaban J connectivity index is 2.99. The van der Waals surface area contributed by atoms with E-state index in [1.54, 1.807) is 0 Å². The van der Waals surface area contributed by atoms with E-state index in [0.29, 0.717) is 0 Å². The van der Waals surface area contributed by atoms with Crippen LogP contribution in [-0.2, 0) is 4.79 Å². The minimum absolute atomic E-state index is 0.108. The van der Waals surface area contributed by atoms with Gasteiger partial charge in [0.1, 0.15) is 6.10 Å². The van der Waals surface area contributed by atoms with Gasteiger partial charge in [0.25, 0.3) is 0 Å². The summed E-state index contributed by atoms with van der Waals surface area (Å²) in [6, 6.07) is 2.61. The summed E-state index contributed by atoms with van der Waals surface area (Å²) < 4.78 is 0. The van der Waals surface area contributed by atoms with Crippen molar-refractivity contribution in [2.75, 3.05) is 0 Å². The Hall–Kier alpha value is -0.520. The molecular weight excluding hydrogens is 290 g/mol. The topological polar surface area (TPSA) is 77.8 Å². The Morgan fingerprint density at radius 2 is 1.65 bits per heavy atom. The minimum Gasteiger partial charge on any atom is -0.481 e. The summed E-state index contributed by atoms with van der Waals surface area (Å²) >= 11 is 17.3. The molecule has 17 heavy (non-hydrogen) atoms. The highest BCUT2D eigenvalue weighted by Gasteiger charge is 2.24. The number of benzene rings is 1. The summed E-state index contributed by atoms with van der Waals surface area (Å²) in [5, 5.41) is 28.2. The Kier molecular flexibility index (Phi) is 5.04. The first-order chi connectivity index (χ1) is 7.82. The van der Waals surface area contributed by atoms with E-state index in [9.17, 15) is 15.0 Å². The summed E-state index contributed by atoms with van der Waals surface area (Å²) in [5.74, 6) is -1.23. The van der Waals surface area contributed by atoms with E-state index in [1.807, 2.05) is 0 Å². The standard InChI is InChI=1S/C10H9Cl3O4/c11-5-2-7(13)6(12)1-4(5)10(17)8(14)3-9(15)16/h1-2,8,10,14,17H,3H2,(H,15,16). The number of hydrogen-bond donors (Lipinski definition) is 3. The SMILES string of the molecule is O=C(O)CC(O)C(O)c1cc(Cl)c(Cl)cc1Cl. The summed E-state index contributed by atoms with van der Waals surface area (Å²) in [6.45, 7) is 0. The molecule has 4 nitrogen and oxygen atoms in total. The van der Waals surface area contributed by atoms with Gasteiger partial charge in [-0.1, -0.05) is 34.8 Å². The van der Waals surface area contributed by atoms with E-state index in [4.69, 9.17) is 39.9 Å². The van der Waals surface area contributed by atoms with Crippen molar-refractivity contribution >= 4 is 40.8 Å². The van der Waals surface area contributed by atoms with Crippen LogP contribution < -0.4 is 0 Å². The van der Waals surface area contributed by atoms with Gasteiger partial charge in [-0.2, -0.15) is 0 Å². The van der Waals surface area contributed by atoms with Gasteiger partial charge < -0.3 is 15.3 Å². The maximum Gasteiger partial charge on any atom is 0.306 e. The maximum absolute atomic E-state index is 10.4. The molecule has 2 unspecified atom stereocenters. The molecule has 0 radical (unpaired) electrons. The molecule has 0 aliphatic carbocycles. The van der Waals surface area contributed by atoms with Crippen molar-refractivity contribution in [1.29, 1.82) is 0 Å². The zero-order valence-corrected chi connectivity index (χ0v) is 10.7. The van der Waals surface area contributed by atoms with Gasteiger partial charge in [-0.3, -0.25) is 4.79 Å². The monoisotopic (exact) mass is 298 g/mol. The summed E-state index contributed by atoms with van der Waals surface area (Å²) in [7, 11) is 0. The van der Waals surface area contributed by atoms with Crippen molar-refractivity contribution in [2.45, 2.75) is 18.6 Å². The summed E-state index contributed by atoms with van der Waals surface area (Å²) in [5.41, 5.74) is 0.134. The van der Waals surface area contributed by atoms with E-state index in [2.05, 4.69) is 0 Å². The number of aliphatic hydroxyl groups is 2. The average molecular weight is 300 g/mol. The molecule has 0 fully saturated rings. The van der Waals surface area contributed by atoms with Crippen LogP contribution in [0.3, 0.4) is 0 Å². The van der Waals surface area contributed by atoms with Gasteiger partial charge in [0.05, 0.1) is 22.6 Å². The quantitative estimate of drug-likeness (QED) is 0.747. The first-order valence-electron chi connectivity index (χ1n) is 4.55. The number of aliphatic hydroxyl groups excluding tert-OH is 2. The molecule has 2 atom stereocenters. The molecule has 7 heteroatoms. The highest BCUT2D eigenvalue weighted by Crippen LogP contribution is 2.33. The third kappa shape index (κ3) is 3.72. The second-order valence-corrected chi connectivity index (χ2v) is 4.62. The number of halogens is 3. The largest absolute Gasteiger partial charge is 0.481 e. The first kappa shape index (κ1) is 14.5. The van der Waals surface area contributed by atoms with Gasteiger partial charge in [0.15, 0.2) is 0 Å². The Morgan fingerprint density at radius 3 is 2.18 bits per heavy atom. The molecule has 3 N–H and O–H groups in total. The molecule has 1 rings (SSSR count). The Bertz CT molecular complexity index is 436. The lowest BCUT2D eigenvalue weighted by Gasteiger charge is -2.18. The van der Waals surface area contributed by atoms with Crippen molar-refractivity contribution in [2.24, 2.45) is 0 Å². The number of hydrogen-bond acceptors (Lipinski definition) is 3. The van der Waals surface area contributed by atoms with E-state index >= 15 is 0 Å². The third-order valence-corrected chi connectivity index (χ3v) is 3.16. The lowest BCUT2D eigenvalue weighted by atomic mass is 10.0. The van der Waals surface area contributed by atoms with Crippen LogP contribution in [0, 0.1) is 0 Å². The van der Waals surface area contributed by atoms with Crippen LogP contribution in [0.15, 0.2) is 12.1 Å². The molecule has 0 bridgehead atoms. The number of rotatable bonds is 4. The maximum atomic E-state index is 10.4. The molecular formula is C10H9Cl3O4. The van der Waals surface area contributed by atoms with Gasteiger partial charge in [0, 0.05) is 10.6 Å². The fourth-order valence-electron chi connectivity index (χ4n) is 1.26. The average Bonchev–Trinajstić information content (AvgIpc) is 2.21. The van der Waals surface area contributed by atoms with Crippen LogP contribution in [0.1, 0.15) is 18.1 Å². The molecule has 0 saturated heterocycles. The molecule has 1 aromatic carbocycles. The molecule has 0 heterocycles. The van der Waals surface area contributed by atoms with E-state index in [-0.39, 0.29) is 20.6 Å². The molecule has 0 aliphatic rings. The van der Waals surface area contributed by atoms with Crippen LogP contribution in [-0.4, -0.2) is 27.4 Å². The van der Waals surface area contributed by atoms with Crippen LogP contribution in [0.5, 0.6) is 0 Å². The van der Waals surface area contributed by atoms with E-state index in [0.717, 1.165) is 0 Å². The minimum atomic E-state index is -1.47. The zero-order chi connectivity index (χ0) is 13.2.